The van der Waals surface area contributed by atoms with Gasteiger partial charge in [-0.25, -0.2) is 4.99 Å². The van der Waals surface area contributed by atoms with Crippen LogP contribution >= 0.6 is 12.2 Å². The lowest BCUT2D eigenvalue weighted by Gasteiger charge is -2.41. The molecule has 0 aliphatic carbocycles. The van der Waals surface area contributed by atoms with Crippen molar-refractivity contribution < 1.29 is 9.59 Å². The average molecular weight is 229 g/mol. The Bertz CT molecular complexity index is 215. The third kappa shape index (κ3) is 4.39. The fourth-order valence-electron chi connectivity index (χ4n) is 2.48. The molecule has 1 fully saturated rings. The Hall–Kier alpha value is -0.280. The van der Waals surface area contributed by atoms with E-state index in [1.165, 1.54) is 32.4 Å². The van der Waals surface area contributed by atoms with Gasteiger partial charge >= 0.3 is 0 Å². The van der Waals surface area contributed by atoms with Crippen LogP contribution in [0, 0.1) is 0 Å². The molecule has 1 heterocycles. The van der Waals surface area contributed by atoms with E-state index < -0.39 is 0 Å². The molecule has 0 saturated carbocycles. The van der Waals surface area contributed by atoms with Crippen LogP contribution in [-0.2, 0) is 0 Å². The quantitative estimate of drug-likeness (QED) is 0.324. The molecule has 3 nitrogen and oxygen atoms in total. The van der Waals surface area contributed by atoms with E-state index in [0.717, 1.165) is 30.5 Å². The number of isothiocyanates is 1. The first-order chi connectivity index (χ1) is 7.33. The maximum atomic E-state index is 9.12. The zero-order valence-electron chi connectivity index (χ0n) is 9.32. The fraction of sp³-hybridized carbons (Fsp3) is 0.909. The Balaban J connectivity index is 2.37. The van der Waals surface area contributed by atoms with Gasteiger partial charge in [-0.15, -0.1) is 0 Å². The topological polar surface area (TPSA) is 32.6 Å². The molecule has 1 aliphatic heterocycles. The van der Waals surface area contributed by atoms with E-state index in [-0.39, 0.29) is 0 Å². The molecule has 0 aromatic heterocycles. The van der Waals surface area contributed by atoms with Gasteiger partial charge in [-0.1, -0.05) is 0 Å². The standard InChI is InChI=1S/C11H21N2OS/c14-10-9-13(6-2-1-3-7-13)8-4-5-12-11-15/h14H,1-10H2/q+1. The monoisotopic (exact) mass is 229 g/mol. The van der Waals surface area contributed by atoms with Gasteiger partial charge in [0, 0.05) is 6.42 Å². The van der Waals surface area contributed by atoms with E-state index in [0.29, 0.717) is 6.61 Å². The van der Waals surface area contributed by atoms with Crippen LogP contribution in [0.4, 0.5) is 0 Å². The smallest absolute Gasteiger partial charge is 0.102 e. The predicted molar refractivity (Wildman–Crippen MR) is 65.2 cm³/mol. The molecule has 0 spiro atoms. The molecule has 86 valence electrons. The van der Waals surface area contributed by atoms with Crippen LogP contribution in [0.2, 0.25) is 0 Å². The number of aliphatic imine (C=N–C) groups is 1. The molecule has 0 amide bonds. The van der Waals surface area contributed by atoms with Crippen LogP contribution in [0.3, 0.4) is 0 Å². The van der Waals surface area contributed by atoms with Crippen molar-refractivity contribution in [2.45, 2.75) is 25.7 Å². The molecule has 0 radical (unpaired) electrons. The van der Waals surface area contributed by atoms with E-state index in [4.69, 9.17) is 5.11 Å². The summed E-state index contributed by atoms with van der Waals surface area (Å²) >= 11 is 4.54. The van der Waals surface area contributed by atoms with Crippen LogP contribution in [0.1, 0.15) is 25.7 Å². The number of hydrogen-bond donors (Lipinski definition) is 1. The van der Waals surface area contributed by atoms with Crippen LogP contribution in [0.5, 0.6) is 0 Å². The Labute approximate surface area is 97.4 Å². The first-order valence-electron chi connectivity index (χ1n) is 5.83. The first-order valence-corrected chi connectivity index (χ1v) is 6.23. The SMILES string of the molecule is OCC[N+]1(CCCN=C=S)CCCCC1. The van der Waals surface area contributed by atoms with Gasteiger partial charge < -0.3 is 9.59 Å². The number of aliphatic hydroxyl groups is 1. The molecule has 4 heteroatoms. The van der Waals surface area contributed by atoms with Gasteiger partial charge in [0.25, 0.3) is 0 Å². The maximum Gasteiger partial charge on any atom is 0.102 e. The highest BCUT2D eigenvalue weighted by Gasteiger charge is 2.28. The summed E-state index contributed by atoms with van der Waals surface area (Å²) in [5.74, 6) is 0. The molecular weight excluding hydrogens is 208 g/mol. The van der Waals surface area contributed by atoms with E-state index in [2.05, 4.69) is 22.4 Å². The largest absolute Gasteiger partial charge is 0.391 e. The second-order valence-electron chi connectivity index (χ2n) is 4.35. The van der Waals surface area contributed by atoms with Crippen molar-refractivity contribution in [2.24, 2.45) is 4.99 Å². The predicted octanol–water partition coefficient (Wildman–Crippen LogP) is 1.47. The number of piperidine rings is 1. The van der Waals surface area contributed by atoms with Gasteiger partial charge in [-0.3, -0.25) is 0 Å². The lowest BCUT2D eigenvalue weighted by atomic mass is 10.1. The molecule has 0 unspecified atom stereocenters. The number of rotatable bonds is 6. The van der Waals surface area contributed by atoms with Gasteiger partial charge in [-0.05, 0) is 31.5 Å². The van der Waals surface area contributed by atoms with Gasteiger partial charge in [0.05, 0.1) is 37.9 Å². The number of quaternary nitrogens is 1. The summed E-state index contributed by atoms with van der Waals surface area (Å²) in [5, 5.41) is 11.5. The number of hydrogen-bond acceptors (Lipinski definition) is 3. The highest BCUT2D eigenvalue weighted by Crippen LogP contribution is 2.19. The lowest BCUT2D eigenvalue weighted by molar-refractivity contribution is -0.932. The van der Waals surface area contributed by atoms with E-state index in [1.807, 2.05) is 0 Å². The molecule has 0 aromatic carbocycles. The molecule has 0 aromatic rings. The lowest BCUT2D eigenvalue weighted by Crippen LogP contribution is -2.53. The summed E-state index contributed by atoms with van der Waals surface area (Å²) < 4.78 is 1.09. The third-order valence-corrected chi connectivity index (χ3v) is 3.44. The number of likely N-dealkylation sites (tertiary alicyclic amines) is 1. The normalized spacial score (nSPS) is 19.5. The summed E-state index contributed by atoms with van der Waals surface area (Å²) in [7, 11) is 0. The number of nitrogens with zero attached hydrogens (tertiary/aromatic N) is 2. The Morgan fingerprint density at radius 3 is 2.53 bits per heavy atom. The van der Waals surface area contributed by atoms with Crippen LogP contribution in [0.25, 0.3) is 0 Å². The highest BCUT2D eigenvalue weighted by molar-refractivity contribution is 7.78. The van der Waals surface area contributed by atoms with Crippen molar-refractivity contribution in [3.63, 3.8) is 0 Å². The van der Waals surface area contributed by atoms with Gasteiger partial charge in [-0.2, -0.15) is 0 Å². The maximum absolute atomic E-state index is 9.12. The Morgan fingerprint density at radius 2 is 1.93 bits per heavy atom. The molecular formula is C11H21N2OS+. The zero-order valence-corrected chi connectivity index (χ0v) is 10.1. The minimum atomic E-state index is 0.302. The minimum absolute atomic E-state index is 0.302. The number of thiocarbonyl (C=S) groups is 1. The second kappa shape index (κ2) is 7.07. The summed E-state index contributed by atoms with van der Waals surface area (Å²) in [6.07, 6.45) is 5.01. The van der Waals surface area contributed by atoms with Crippen molar-refractivity contribution in [2.75, 3.05) is 39.3 Å². The summed E-state index contributed by atoms with van der Waals surface area (Å²) in [5.41, 5.74) is 0. The molecule has 0 atom stereocenters. The van der Waals surface area contributed by atoms with Crippen molar-refractivity contribution in [1.29, 1.82) is 0 Å². The Morgan fingerprint density at radius 1 is 1.20 bits per heavy atom. The van der Waals surface area contributed by atoms with E-state index in [1.54, 1.807) is 0 Å². The van der Waals surface area contributed by atoms with Crippen molar-refractivity contribution in [3.05, 3.63) is 0 Å². The average Bonchev–Trinajstić information content (AvgIpc) is 2.26. The molecule has 1 saturated heterocycles. The highest BCUT2D eigenvalue weighted by atomic mass is 32.1. The summed E-state index contributed by atoms with van der Waals surface area (Å²) in [6, 6.07) is 0. The van der Waals surface area contributed by atoms with Crippen LogP contribution < -0.4 is 0 Å². The summed E-state index contributed by atoms with van der Waals surface area (Å²) in [6.45, 7) is 5.57. The zero-order chi connectivity index (χ0) is 11.0. The summed E-state index contributed by atoms with van der Waals surface area (Å²) in [4.78, 5) is 3.94. The second-order valence-corrected chi connectivity index (χ2v) is 4.53. The fourth-order valence-corrected chi connectivity index (χ4v) is 2.58. The first kappa shape index (κ1) is 12.8. The van der Waals surface area contributed by atoms with Crippen molar-refractivity contribution in [3.8, 4) is 0 Å². The number of aliphatic hydroxyl groups excluding tert-OH is 1. The van der Waals surface area contributed by atoms with Crippen LogP contribution in [-0.4, -0.2) is 54.1 Å². The van der Waals surface area contributed by atoms with E-state index >= 15 is 0 Å². The molecule has 1 N–H and O–H groups in total. The molecule has 1 rings (SSSR count). The van der Waals surface area contributed by atoms with Gasteiger partial charge in [0.2, 0.25) is 0 Å². The molecule has 1 aliphatic rings. The van der Waals surface area contributed by atoms with Gasteiger partial charge in [0.1, 0.15) is 6.54 Å². The van der Waals surface area contributed by atoms with E-state index in [9.17, 15) is 0 Å². The minimum Gasteiger partial charge on any atom is -0.391 e. The van der Waals surface area contributed by atoms with Crippen LogP contribution in [0.15, 0.2) is 4.99 Å². The molecule has 0 bridgehead atoms. The molecule has 15 heavy (non-hydrogen) atoms. The third-order valence-electron chi connectivity index (χ3n) is 3.31. The van der Waals surface area contributed by atoms with Crippen molar-refractivity contribution in [1.82, 2.24) is 0 Å². The van der Waals surface area contributed by atoms with Crippen molar-refractivity contribution >= 4 is 17.4 Å². The van der Waals surface area contributed by atoms with Gasteiger partial charge in [0.15, 0.2) is 0 Å². The Kier molecular flexibility index (Phi) is 6.03.